The van der Waals surface area contributed by atoms with Gasteiger partial charge in [0.05, 0.1) is 6.61 Å². The molecule has 1 aliphatic rings. The maximum absolute atomic E-state index is 5.77. The van der Waals surface area contributed by atoms with Gasteiger partial charge < -0.3 is 15.0 Å². The Balaban J connectivity index is 1.66. The molecule has 1 aromatic carbocycles. The van der Waals surface area contributed by atoms with E-state index in [1.54, 1.807) is 0 Å². The lowest BCUT2D eigenvalue weighted by atomic mass is 10.2. The van der Waals surface area contributed by atoms with Gasteiger partial charge in [0, 0.05) is 37.2 Å². The van der Waals surface area contributed by atoms with E-state index in [0.717, 1.165) is 56.0 Å². The SMILES string of the molecule is Cc1cc(OCCCN2CCNCC2)ccc1Br. The summed E-state index contributed by atoms with van der Waals surface area (Å²) in [5, 5.41) is 3.37. The van der Waals surface area contributed by atoms with Crippen molar-refractivity contribution in [2.24, 2.45) is 0 Å². The summed E-state index contributed by atoms with van der Waals surface area (Å²) in [6, 6.07) is 6.14. The summed E-state index contributed by atoms with van der Waals surface area (Å²) in [6.45, 7) is 8.58. The van der Waals surface area contributed by atoms with E-state index in [4.69, 9.17) is 4.74 Å². The number of nitrogens with zero attached hydrogens (tertiary/aromatic N) is 1. The fourth-order valence-corrected chi connectivity index (χ4v) is 2.37. The number of ether oxygens (including phenoxy) is 1. The lowest BCUT2D eigenvalue weighted by molar-refractivity contribution is 0.214. The fraction of sp³-hybridized carbons (Fsp3) is 0.571. The van der Waals surface area contributed by atoms with Crippen LogP contribution in [0.3, 0.4) is 0 Å². The van der Waals surface area contributed by atoms with Crippen LogP contribution in [0.15, 0.2) is 22.7 Å². The van der Waals surface area contributed by atoms with Gasteiger partial charge in [-0.15, -0.1) is 0 Å². The van der Waals surface area contributed by atoms with E-state index in [9.17, 15) is 0 Å². The van der Waals surface area contributed by atoms with E-state index < -0.39 is 0 Å². The summed E-state index contributed by atoms with van der Waals surface area (Å²) in [4.78, 5) is 2.49. The number of benzene rings is 1. The third kappa shape index (κ3) is 4.26. The Hall–Kier alpha value is -0.580. The van der Waals surface area contributed by atoms with Crippen molar-refractivity contribution in [2.75, 3.05) is 39.3 Å². The number of hydrogen-bond donors (Lipinski definition) is 1. The number of halogens is 1. The zero-order valence-electron chi connectivity index (χ0n) is 10.9. The lowest BCUT2D eigenvalue weighted by Crippen LogP contribution is -2.43. The van der Waals surface area contributed by atoms with Crippen LogP contribution < -0.4 is 10.1 Å². The molecule has 1 N–H and O–H groups in total. The first kappa shape index (κ1) is 13.8. The number of nitrogens with one attached hydrogen (secondary N) is 1. The van der Waals surface area contributed by atoms with Crippen LogP contribution in [0.4, 0.5) is 0 Å². The monoisotopic (exact) mass is 312 g/mol. The smallest absolute Gasteiger partial charge is 0.119 e. The van der Waals surface area contributed by atoms with E-state index in [2.05, 4.69) is 39.1 Å². The van der Waals surface area contributed by atoms with Crippen molar-refractivity contribution in [3.63, 3.8) is 0 Å². The highest BCUT2D eigenvalue weighted by atomic mass is 79.9. The minimum Gasteiger partial charge on any atom is -0.494 e. The highest BCUT2D eigenvalue weighted by Gasteiger charge is 2.08. The summed E-state index contributed by atoms with van der Waals surface area (Å²) in [5.41, 5.74) is 1.22. The van der Waals surface area contributed by atoms with Gasteiger partial charge in [-0.05, 0) is 37.1 Å². The Bertz CT molecular complexity index is 378. The normalized spacial score (nSPS) is 16.8. The van der Waals surface area contributed by atoms with Crippen LogP contribution in [0.5, 0.6) is 5.75 Å². The molecule has 0 amide bonds. The molecule has 0 atom stereocenters. The first-order valence-corrected chi connectivity index (χ1v) is 7.37. The second-order valence-corrected chi connectivity index (χ2v) is 5.56. The second-order valence-electron chi connectivity index (χ2n) is 4.70. The van der Waals surface area contributed by atoms with Gasteiger partial charge in [-0.2, -0.15) is 0 Å². The van der Waals surface area contributed by atoms with Crippen molar-refractivity contribution in [2.45, 2.75) is 13.3 Å². The van der Waals surface area contributed by atoms with E-state index in [-0.39, 0.29) is 0 Å². The van der Waals surface area contributed by atoms with Crippen LogP contribution in [-0.2, 0) is 0 Å². The summed E-state index contributed by atoms with van der Waals surface area (Å²) in [7, 11) is 0. The Labute approximate surface area is 118 Å². The number of aryl methyl sites for hydroxylation is 1. The predicted octanol–water partition coefficient (Wildman–Crippen LogP) is 2.43. The molecule has 1 heterocycles. The zero-order valence-corrected chi connectivity index (χ0v) is 12.5. The molecule has 0 saturated carbocycles. The number of piperazine rings is 1. The third-order valence-corrected chi connectivity index (χ3v) is 4.12. The Morgan fingerprint density at radius 3 is 2.83 bits per heavy atom. The van der Waals surface area contributed by atoms with Crippen molar-refractivity contribution in [3.05, 3.63) is 28.2 Å². The largest absolute Gasteiger partial charge is 0.494 e. The number of hydrogen-bond acceptors (Lipinski definition) is 3. The van der Waals surface area contributed by atoms with Gasteiger partial charge in [-0.3, -0.25) is 0 Å². The first-order chi connectivity index (χ1) is 8.75. The molecule has 1 saturated heterocycles. The van der Waals surface area contributed by atoms with Crippen LogP contribution in [0.2, 0.25) is 0 Å². The zero-order chi connectivity index (χ0) is 12.8. The fourth-order valence-electron chi connectivity index (χ4n) is 2.12. The highest BCUT2D eigenvalue weighted by molar-refractivity contribution is 9.10. The molecule has 0 radical (unpaired) electrons. The second kappa shape index (κ2) is 7.12. The summed E-state index contributed by atoms with van der Waals surface area (Å²) < 4.78 is 6.90. The van der Waals surface area contributed by atoms with Crippen molar-refractivity contribution < 1.29 is 4.74 Å². The molecule has 0 spiro atoms. The molecule has 0 aromatic heterocycles. The van der Waals surface area contributed by atoms with E-state index in [0.29, 0.717) is 0 Å². The molecule has 4 heteroatoms. The van der Waals surface area contributed by atoms with E-state index in [1.165, 1.54) is 5.56 Å². The minimum atomic E-state index is 0.797. The molecule has 0 aliphatic carbocycles. The van der Waals surface area contributed by atoms with Crippen molar-refractivity contribution in [1.82, 2.24) is 10.2 Å². The third-order valence-electron chi connectivity index (χ3n) is 3.23. The van der Waals surface area contributed by atoms with Crippen molar-refractivity contribution >= 4 is 15.9 Å². The molecule has 1 aliphatic heterocycles. The average Bonchev–Trinajstić information content (AvgIpc) is 2.40. The van der Waals surface area contributed by atoms with Gasteiger partial charge >= 0.3 is 0 Å². The van der Waals surface area contributed by atoms with Crippen LogP contribution in [0.25, 0.3) is 0 Å². The van der Waals surface area contributed by atoms with Crippen LogP contribution in [0.1, 0.15) is 12.0 Å². The minimum absolute atomic E-state index is 0.797. The van der Waals surface area contributed by atoms with Crippen LogP contribution in [0, 0.1) is 6.92 Å². The predicted molar refractivity (Wildman–Crippen MR) is 78.3 cm³/mol. The summed E-state index contributed by atoms with van der Waals surface area (Å²) in [5.74, 6) is 0.969. The van der Waals surface area contributed by atoms with E-state index in [1.807, 2.05) is 12.1 Å². The Morgan fingerprint density at radius 1 is 1.33 bits per heavy atom. The quantitative estimate of drug-likeness (QED) is 0.845. The highest BCUT2D eigenvalue weighted by Crippen LogP contribution is 2.21. The maximum atomic E-state index is 5.77. The van der Waals surface area contributed by atoms with Crippen LogP contribution in [-0.4, -0.2) is 44.2 Å². The van der Waals surface area contributed by atoms with Gasteiger partial charge in [-0.25, -0.2) is 0 Å². The molecule has 100 valence electrons. The van der Waals surface area contributed by atoms with Gasteiger partial charge in [-0.1, -0.05) is 15.9 Å². The average molecular weight is 313 g/mol. The van der Waals surface area contributed by atoms with Gasteiger partial charge in [0.25, 0.3) is 0 Å². The lowest BCUT2D eigenvalue weighted by Gasteiger charge is -2.26. The molecule has 3 nitrogen and oxygen atoms in total. The first-order valence-electron chi connectivity index (χ1n) is 6.58. The molecular formula is C14H21BrN2O. The topological polar surface area (TPSA) is 24.5 Å². The molecule has 1 aromatic rings. The molecule has 0 bridgehead atoms. The molecular weight excluding hydrogens is 292 g/mol. The maximum Gasteiger partial charge on any atom is 0.119 e. The van der Waals surface area contributed by atoms with Gasteiger partial charge in [0.1, 0.15) is 5.75 Å². The van der Waals surface area contributed by atoms with Gasteiger partial charge in [0.2, 0.25) is 0 Å². The molecule has 18 heavy (non-hydrogen) atoms. The van der Waals surface area contributed by atoms with E-state index >= 15 is 0 Å². The Morgan fingerprint density at radius 2 is 2.11 bits per heavy atom. The summed E-state index contributed by atoms with van der Waals surface area (Å²) in [6.07, 6.45) is 1.09. The standard InChI is InChI=1S/C14H21BrN2O/c1-12-11-13(3-4-14(12)15)18-10-2-7-17-8-5-16-6-9-17/h3-4,11,16H,2,5-10H2,1H3. The molecule has 0 unspecified atom stereocenters. The van der Waals surface area contributed by atoms with Crippen LogP contribution >= 0.6 is 15.9 Å². The number of rotatable bonds is 5. The Kier molecular flexibility index (Phi) is 5.47. The van der Waals surface area contributed by atoms with Crippen molar-refractivity contribution in [3.8, 4) is 5.75 Å². The molecule has 2 rings (SSSR count). The summed E-state index contributed by atoms with van der Waals surface area (Å²) >= 11 is 3.50. The van der Waals surface area contributed by atoms with Gasteiger partial charge in [0.15, 0.2) is 0 Å². The van der Waals surface area contributed by atoms with Crippen molar-refractivity contribution in [1.29, 1.82) is 0 Å². The molecule has 1 fully saturated rings.